The maximum absolute atomic E-state index is 13.4. The zero-order valence-electron chi connectivity index (χ0n) is 19.0. The predicted octanol–water partition coefficient (Wildman–Crippen LogP) is 2.19. The number of β-lactam (4-membered cyclic amide) rings is 1. The molecule has 1 aromatic carbocycles. The van der Waals surface area contributed by atoms with E-state index in [2.05, 4.69) is 15.2 Å². The lowest BCUT2D eigenvalue weighted by molar-refractivity contribution is -0.170. The van der Waals surface area contributed by atoms with Gasteiger partial charge in [0.25, 0.3) is 5.91 Å². The molecule has 0 spiro atoms. The molecule has 10 heteroatoms. The van der Waals surface area contributed by atoms with Gasteiger partial charge in [-0.25, -0.2) is 4.98 Å². The number of carbonyl (C=O) groups excluding carboxylic acids is 3. The summed E-state index contributed by atoms with van der Waals surface area (Å²) in [6, 6.07) is 12.1. The van der Waals surface area contributed by atoms with E-state index in [1.807, 2.05) is 37.3 Å². The number of likely N-dealkylation sites (tertiary alicyclic amines) is 1. The number of pyridine rings is 1. The van der Waals surface area contributed by atoms with Crippen LogP contribution in [0.2, 0.25) is 0 Å². The summed E-state index contributed by atoms with van der Waals surface area (Å²) in [5.41, 5.74) is 7.54. The van der Waals surface area contributed by atoms with Crippen LogP contribution >= 0.6 is 0 Å². The van der Waals surface area contributed by atoms with E-state index in [-0.39, 0.29) is 36.6 Å². The van der Waals surface area contributed by atoms with Crippen LogP contribution in [0.4, 0.5) is 11.8 Å². The molecule has 176 valence electrons. The lowest BCUT2D eigenvalue weighted by atomic mass is 9.80. The Hall–Kier alpha value is -4.08. The van der Waals surface area contributed by atoms with Crippen molar-refractivity contribution in [1.82, 2.24) is 20.1 Å². The number of hydrogen-bond donors (Lipinski definition) is 1. The van der Waals surface area contributed by atoms with Crippen molar-refractivity contribution in [2.75, 3.05) is 17.7 Å². The summed E-state index contributed by atoms with van der Waals surface area (Å²) in [6.07, 6.45) is 3.74. The normalized spacial score (nSPS) is 18.3. The van der Waals surface area contributed by atoms with Crippen molar-refractivity contribution in [3.05, 3.63) is 66.2 Å². The molecule has 34 heavy (non-hydrogen) atoms. The van der Waals surface area contributed by atoms with Gasteiger partial charge in [-0.1, -0.05) is 42.4 Å². The molecule has 3 amide bonds. The molecule has 0 unspecified atom stereocenters. The molecule has 3 aromatic rings. The Morgan fingerprint density at radius 2 is 2.00 bits per heavy atom. The number of nitrogens with zero attached hydrogens (tertiary/aromatic N) is 5. The molecular weight excluding hydrogens is 436 g/mol. The zero-order chi connectivity index (χ0) is 24.2. The van der Waals surface area contributed by atoms with Gasteiger partial charge in [0.05, 0.1) is 5.92 Å². The van der Waals surface area contributed by atoms with Crippen LogP contribution in [0.1, 0.15) is 36.8 Å². The number of likely N-dealkylation sites (N-methyl/N-ethyl adjacent to an activating group) is 1. The molecule has 4 rings (SSSR count). The van der Waals surface area contributed by atoms with E-state index in [1.165, 1.54) is 11.9 Å². The standard InChI is InChI=1S/C24H26N6O4/c1-3-16(17-7-5-4-6-8-17)13-20(31)30-21(23(33)29(2)24-28-27-14-34-24)18(22(30)32)11-15-9-10-26-19(25)12-15/h4-10,12,14,16,18,21H,3,11,13H2,1-2H3,(H2,25,26)/t16-,18+,21-/m0/s1. The summed E-state index contributed by atoms with van der Waals surface area (Å²) in [7, 11) is 1.47. The molecule has 10 nitrogen and oxygen atoms in total. The van der Waals surface area contributed by atoms with Crippen molar-refractivity contribution in [2.45, 2.75) is 38.1 Å². The van der Waals surface area contributed by atoms with Crippen molar-refractivity contribution in [2.24, 2.45) is 5.92 Å². The topological polar surface area (TPSA) is 136 Å². The first kappa shape index (κ1) is 23.1. The molecule has 1 aliphatic heterocycles. The average Bonchev–Trinajstić information content (AvgIpc) is 3.39. The minimum Gasteiger partial charge on any atom is -0.411 e. The molecule has 1 aliphatic rings. The summed E-state index contributed by atoms with van der Waals surface area (Å²) in [5, 5.41) is 7.36. The minimum absolute atomic E-state index is 0.0145. The van der Waals surface area contributed by atoms with E-state index in [0.29, 0.717) is 5.82 Å². The van der Waals surface area contributed by atoms with Crippen molar-refractivity contribution in [3.63, 3.8) is 0 Å². The van der Waals surface area contributed by atoms with Gasteiger partial charge in [-0.2, -0.15) is 0 Å². The largest absolute Gasteiger partial charge is 0.411 e. The van der Waals surface area contributed by atoms with Crippen molar-refractivity contribution in [3.8, 4) is 0 Å². The highest BCUT2D eigenvalue weighted by Crippen LogP contribution is 2.35. The summed E-state index contributed by atoms with van der Waals surface area (Å²) in [6.45, 7) is 1.99. The van der Waals surface area contributed by atoms with Crippen LogP contribution in [0.15, 0.2) is 59.5 Å². The van der Waals surface area contributed by atoms with Gasteiger partial charge in [-0.3, -0.25) is 24.2 Å². The van der Waals surface area contributed by atoms with Crippen LogP contribution in [-0.2, 0) is 20.8 Å². The SMILES string of the molecule is CC[C@@H](CC(=O)N1C(=O)[C@H](Cc2ccnc(N)c2)[C@H]1C(=O)N(C)c1nnco1)c1ccccc1. The summed E-state index contributed by atoms with van der Waals surface area (Å²) >= 11 is 0. The monoisotopic (exact) mass is 462 g/mol. The number of nitrogen functional groups attached to an aromatic ring is 1. The highest BCUT2D eigenvalue weighted by Gasteiger charge is 2.55. The molecule has 0 saturated carbocycles. The number of imide groups is 1. The molecule has 3 heterocycles. The van der Waals surface area contributed by atoms with E-state index >= 15 is 0 Å². The van der Waals surface area contributed by atoms with Gasteiger partial charge in [0.1, 0.15) is 11.9 Å². The third-order valence-electron chi connectivity index (χ3n) is 6.19. The maximum Gasteiger partial charge on any atom is 0.324 e. The third kappa shape index (κ3) is 4.52. The Balaban J connectivity index is 1.58. The second-order valence-electron chi connectivity index (χ2n) is 8.28. The molecule has 0 bridgehead atoms. The van der Waals surface area contributed by atoms with Crippen LogP contribution in [0.5, 0.6) is 0 Å². The molecule has 2 aromatic heterocycles. The van der Waals surface area contributed by atoms with Crippen LogP contribution in [0.3, 0.4) is 0 Å². The number of hydrogen-bond acceptors (Lipinski definition) is 8. The highest BCUT2D eigenvalue weighted by molar-refractivity contribution is 6.12. The number of anilines is 2. The van der Waals surface area contributed by atoms with Gasteiger partial charge in [0.2, 0.25) is 18.2 Å². The molecule has 2 N–H and O–H groups in total. The quantitative estimate of drug-likeness (QED) is 0.503. The summed E-state index contributed by atoms with van der Waals surface area (Å²) in [5.74, 6) is -1.72. The van der Waals surface area contributed by atoms with Gasteiger partial charge in [-0.15, -0.1) is 5.10 Å². The van der Waals surface area contributed by atoms with Gasteiger partial charge in [-0.05, 0) is 42.0 Å². The van der Waals surface area contributed by atoms with Crippen molar-refractivity contribution in [1.29, 1.82) is 0 Å². The summed E-state index contributed by atoms with van der Waals surface area (Å²) in [4.78, 5) is 46.1. The van der Waals surface area contributed by atoms with Gasteiger partial charge < -0.3 is 10.2 Å². The predicted molar refractivity (Wildman–Crippen MR) is 123 cm³/mol. The second kappa shape index (κ2) is 9.82. The highest BCUT2D eigenvalue weighted by atomic mass is 16.4. The molecule has 1 fully saturated rings. The summed E-state index contributed by atoms with van der Waals surface area (Å²) < 4.78 is 5.14. The van der Waals surface area contributed by atoms with Gasteiger partial charge in [0.15, 0.2) is 0 Å². The Labute approximate surface area is 196 Å². The number of carbonyl (C=O) groups is 3. The van der Waals surface area contributed by atoms with Crippen LogP contribution in [0, 0.1) is 5.92 Å². The smallest absolute Gasteiger partial charge is 0.324 e. The fraction of sp³-hybridized carbons (Fsp3) is 0.333. The second-order valence-corrected chi connectivity index (χ2v) is 8.28. The van der Waals surface area contributed by atoms with E-state index in [1.54, 1.807) is 18.3 Å². The zero-order valence-corrected chi connectivity index (χ0v) is 19.0. The van der Waals surface area contributed by atoms with E-state index in [0.717, 1.165) is 28.8 Å². The van der Waals surface area contributed by atoms with Gasteiger partial charge in [0, 0.05) is 19.7 Å². The fourth-order valence-corrected chi connectivity index (χ4v) is 4.32. The van der Waals surface area contributed by atoms with E-state index in [4.69, 9.17) is 10.2 Å². The first-order chi connectivity index (χ1) is 16.4. The van der Waals surface area contributed by atoms with E-state index < -0.39 is 17.9 Å². The number of rotatable bonds is 8. The molecule has 1 saturated heterocycles. The van der Waals surface area contributed by atoms with E-state index in [9.17, 15) is 14.4 Å². The van der Waals surface area contributed by atoms with Crippen LogP contribution < -0.4 is 10.6 Å². The van der Waals surface area contributed by atoms with Crippen molar-refractivity contribution < 1.29 is 18.8 Å². The average molecular weight is 463 g/mol. The fourth-order valence-electron chi connectivity index (χ4n) is 4.32. The lowest BCUT2D eigenvalue weighted by Crippen LogP contribution is -2.69. The molecule has 0 aliphatic carbocycles. The lowest BCUT2D eigenvalue weighted by Gasteiger charge is -2.45. The first-order valence-electron chi connectivity index (χ1n) is 11.1. The Morgan fingerprint density at radius 3 is 2.65 bits per heavy atom. The molecule has 3 atom stereocenters. The number of benzene rings is 1. The van der Waals surface area contributed by atoms with Crippen molar-refractivity contribution >= 4 is 29.6 Å². The third-order valence-corrected chi connectivity index (χ3v) is 6.19. The number of aromatic nitrogens is 3. The minimum atomic E-state index is -0.987. The maximum atomic E-state index is 13.4. The molecule has 0 radical (unpaired) electrons. The number of nitrogens with two attached hydrogens (primary N) is 1. The Kier molecular flexibility index (Phi) is 6.67. The van der Waals surface area contributed by atoms with Crippen LogP contribution in [0.25, 0.3) is 0 Å². The number of amides is 3. The Morgan fingerprint density at radius 1 is 1.24 bits per heavy atom. The Bertz CT molecular complexity index is 1170. The first-order valence-corrected chi connectivity index (χ1v) is 11.1. The molecular formula is C24H26N6O4. The van der Waals surface area contributed by atoms with Crippen LogP contribution in [-0.4, -0.2) is 50.9 Å². The van der Waals surface area contributed by atoms with Gasteiger partial charge >= 0.3 is 6.01 Å².